The molecular weight excluding hydrogens is 323 g/mol. The molecule has 1 aromatic heterocycles. The average Bonchev–Trinajstić information content (AvgIpc) is 2.76. The van der Waals surface area contributed by atoms with Crippen molar-refractivity contribution in [3.05, 3.63) is 52.0 Å². The highest BCUT2D eigenvalue weighted by atomic mass is 79.9. The standard InChI is InChI=1S/C15H16BrFN2O/c1-9(2)19-8-11(16)7-13(19)15(20)18-14-10(3)5-4-6-12(14)17/h4-9H,1-3H3,(H,18,20). The third-order valence-corrected chi connectivity index (χ3v) is 3.50. The lowest BCUT2D eigenvalue weighted by atomic mass is 10.2. The van der Waals surface area contributed by atoms with E-state index < -0.39 is 5.82 Å². The second kappa shape index (κ2) is 5.79. The molecule has 0 aliphatic carbocycles. The predicted octanol–water partition coefficient (Wildman–Crippen LogP) is 4.53. The maximum absolute atomic E-state index is 13.8. The van der Waals surface area contributed by atoms with Gasteiger partial charge in [-0.1, -0.05) is 12.1 Å². The first-order chi connectivity index (χ1) is 9.40. The van der Waals surface area contributed by atoms with E-state index in [0.717, 1.165) is 4.47 Å². The first kappa shape index (κ1) is 14.8. The predicted molar refractivity (Wildman–Crippen MR) is 81.6 cm³/mol. The van der Waals surface area contributed by atoms with E-state index >= 15 is 0 Å². The van der Waals surface area contributed by atoms with Crippen molar-refractivity contribution in [2.24, 2.45) is 0 Å². The number of rotatable bonds is 3. The summed E-state index contributed by atoms with van der Waals surface area (Å²) in [6.07, 6.45) is 1.84. The Balaban J connectivity index is 2.34. The van der Waals surface area contributed by atoms with Gasteiger partial charge in [0.1, 0.15) is 11.5 Å². The molecule has 0 aliphatic rings. The molecule has 5 heteroatoms. The number of benzene rings is 1. The van der Waals surface area contributed by atoms with Crippen LogP contribution < -0.4 is 5.32 Å². The van der Waals surface area contributed by atoms with Crippen molar-refractivity contribution in [3.63, 3.8) is 0 Å². The zero-order valence-corrected chi connectivity index (χ0v) is 13.2. The fourth-order valence-electron chi connectivity index (χ4n) is 2.02. The van der Waals surface area contributed by atoms with Crippen LogP contribution >= 0.6 is 15.9 Å². The smallest absolute Gasteiger partial charge is 0.272 e. The van der Waals surface area contributed by atoms with Crippen molar-refractivity contribution in [2.45, 2.75) is 26.8 Å². The van der Waals surface area contributed by atoms with Gasteiger partial charge in [0.15, 0.2) is 0 Å². The SMILES string of the molecule is Cc1cccc(F)c1NC(=O)c1cc(Br)cn1C(C)C. The van der Waals surface area contributed by atoms with Gasteiger partial charge in [-0.15, -0.1) is 0 Å². The zero-order valence-electron chi connectivity index (χ0n) is 11.6. The molecule has 20 heavy (non-hydrogen) atoms. The number of hydrogen-bond donors (Lipinski definition) is 1. The molecule has 0 radical (unpaired) electrons. The highest BCUT2D eigenvalue weighted by molar-refractivity contribution is 9.10. The molecule has 106 valence electrons. The van der Waals surface area contributed by atoms with E-state index in [4.69, 9.17) is 0 Å². The molecule has 0 spiro atoms. The Hall–Kier alpha value is -1.62. The summed E-state index contributed by atoms with van der Waals surface area (Å²) in [7, 11) is 0. The molecule has 1 aromatic carbocycles. The maximum Gasteiger partial charge on any atom is 0.272 e. The van der Waals surface area contributed by atoms with Crippen LogP contribution in [-0.4, -0.2) is 10.5 Å². The van der Waals surface area contributed by atoms with Crippen LogP contribution in [0.2, 0.25) is 0 Å². The van der Waals surface area contributed by atoms with Crippen molar-refractivity contribution < 1.29 is 9.18 Å². The molecule has 3 nitrogen and oxygen atoms in total. The first-order valence-corrected chi connectivity index (χ1v) is 7.13. The normalized spacial score (nSPS) is 10.9. The van der Waals surface area contributed by atoms with Gasteiger partial charge in [-0.05, 0) is 54.4 Å². The number of amides is 1. The molecule has 0 bridgehead atoms. The number of para-hydroxylation sites is 1. The van der Waals surface area contributed by atoms with E-state index in [0.29, 0.717) is 11.3 Å². The van der Waals surface area contributed by atoms with Crippen LogP contribution in [0.1, 0.15) is 35.9 Å². The van der Waals surface area contributed by atoms with Crippen LogP contribution in [0.25, 0.3) is 0 Å². The summed E-state index contributed by atoms with van der Waals surface area (Å²) in [5.74, 6) is -0.752. The minimum absolute atomic E-state index is 0.142. The second-order valence-electron chi connectivity index (χ2n) is 4.93. The Bertz CT molecular complexity index is 629. The summed E-state index contributed by atoms with van der Waals surface area (Å²) in [4.78, 5) is 12.3. The van der Waals surface area contributed by atoms with Gasteiger partial charge >= 0.3 is 0 Å². The first-order valence-electron chi connectivity index (χ1n) is 6.34. The lowest BCUT2D eigenvalue weighted by Crippen LogP contribution is -2.19. The Morgan fingerprint density at radius 1 is 1.40 bits per heavy atom. The summed E-state index contributed by atoms with van der Waals surface area (Å²) in [6.45, 7) is 5.73. The van der Waals surface area contributed by atoms with Crippen LogP contribution in [0.4, 0.5) is 10.1 Å². The van der Waals surface area contributed by atoms with E-state index in [2.05, 4.69) is 21.2 Å². The summed E-state index contributed by atoms with van der Waals surface area (Å²) in [5.41, 5.74) is 1.42. The lowest BCUT2D eigenvalue weighted by molar-refractivity contribution is 0.101. The Labute approximate surface area is 125 Å². The van der Waals surface area contributed by atoms with Crippen LogP contribution in [0.3, 0.4) is 0 Å². The van der Waals surface area contributed by atoms with Crippen molar-refractivity contribution in [3.8, 4) is 0 Å². The molecule has 2 rings (SSSR count). The number of anilines is 1. The third-order valence-electron chi connectivity index (χ3n) is 3.06. The highest BCUT2D eigenvalue weighted by Gasteiger charge is 2.17. The van der Waals surface area contributed by atoms with E-state index in [1.54, 1.807) is 25.1 Å². The number of carbonyl (C=O) groups is 1. The maximum atomic E-state index is 13.8. The summed E-state index contributed by atoms with van der Waals surface area (Å²) < 4.78 is 16.4. The van der Waals surface area contributed by atoms with Gasteiger partial charge < -0.3 is 9.88 Å². The number of aromatic nitrogens is 1. The molecule has 1 heterocycles. The molecule has 0 atom stereocenters. The molecule has 0 fully saturated rings. The molecule has 1 amide bonds. The Morgan fingerprint density at radius 2 is 2.10 bits per heavy atom. The molecule has 0 saturated carbocycles. The molecule has 0 aliphatic heterocycles. The largest absolute Gasteiger partial charge is 0.340 e. The van der Waals surface area contributed by atoms with Gasteiger partial charge in [-0.2, -0.15) is 0 Å². The summed E-state index contributed by atoms with van der Waals surface area (Å²) >= 11 is 3.36. The van der Waals surface area contributed by atoms with E-state index in [1.165, 1.54) is 6.07 Å². The Kier molecular flexibility index (Phi) is 4.28. The fraction of sp³-hybridized carbons (Fsp3) is 0.267. The van der Waals surface area contributed by atoms with Gasteiger partial charge in [0, 0.05) is 16.7 Å². The van der Waals surface area contributed by atoms with Gasteiger partial charge in [0.05, 0.1) is 5.69 Å². The van der Waals surface area contributed by atoms with Crippen molar-refractivity contribution in [1.82, 2.24) is 4.57 Å². The molecular formula is C15H16BrFN2O. The number of nitrogens with one attached hydrogen (secondary N) is 1. The second-order valence-corrected chi connectivity index (χ2v) is 5.85. The number of hydrogen-bond acceptors (Lipinski definition) is 1. The molecule has 0 unspecified atom stereocenters. The number of halogens is 2. The van der Waals surface area contributed by atoms with Crippen LogP contribution in [0, 0.1) is 12.7 Å². The van der Waals surface area contributed by atoms with Gasteiger partial charge in [-0.3, -0.25) is 4.79 Å². The van der Waals surface area contributed by atoms with Crippen molar-refractivity contribution in [1.29, 1.82) is 0 Å². The van der Waals surface area contributed by atoms with E-state index in [1.807, 2.05) is 24.6 Å². The van der Waals surface area contributed by atoms with Crippen LogP contribution in [0.5, 0.6) is 0 Å². The average molecular weight is 339 g/mol. The molecule has 2 aromatic rings. The van der Waals surface area contributed by atoms with Crippen LogP contribution in [-0.2, 0) is 0 Å². The topological polar surface area (TPSA) is 34.0 Å². The fourth-order valence-corrected chi connectivity index (χ4v) is 2.46. The van der Waals surface area contributed by atoms with Gasteiger partial charge in [-0.25, -0.2) is 4.39 Å². The minimum Gasteiger partial charge on any atom is -0.340 e. The monoisotopic (exact) mass is 338 g/mol. The quantitative estimate of drug-likeness (QED) is 0.876. The van der Waals surface area contributed by atoms with Crippen LogP contribution in [0.15, 0.2) is 34.9 Å². The van der Waals surface area contributed by atoms with Crippen molar-refractivity contribution in [2.75, 3.05) is 5.32 Å². The zero-order chi connectivity index (χ0) is 14.9. The number of nitrogens with zero attached hydrogens (tertiary/aromatic N) is 1. The number of aryl methyl sites for hydroxylation is 1. The third kappa shape index (κ3) is 2.93. The van der Waals surface area contributed by atoms with Gasteiger partial charge in [0.2, 0.25) is 0 Å². The minimum atomic E-state index is -0.430. The summed E-state index contributed by atoms with van der Waals surface area (Å²) in [5, 5.41) is 2.65. The molecule has 1 N–H and O–H groups in total. The molecule has 0 saturated heterocycles. The van der Waals surface area contributed by atoms with E-state index in [9.17, 15) is 9.18 Å². The highest BCUT2D eigenvalue weighted by Crippen LogP contribution is 2.23. The Morgan fingerprint density at radius 3 is 2.70 bits per heavy atom. The lowest BCUT2D eigenvalue weighted by Gasteiger charge is -2.14. The van der Waals surface area contributed by atoms with Gasteiger partial charge in [0.25, 0.3) is 5.91 Å². The number of carbonyl (C=O) groups excluding carboxylic acids is 1. The van der Waals surface area contributed by atoms with Crippen molar-refractivity contribution >= 4 is 27.5 Å². The summed E-state index contributed by atoms with van der Waals surface area (Å²) in [6, 6.07) is 6.58. The van der Waals surface area contributed by atoms with E-state index in [-0.39, 0.29) is 17.6 Å².